The molecule has 0 bridgehead atoms. The van der Waals surface area contributed by atoms with Crippen LogP contribution >= 0.6 is 11.6 Å². The number of hydrogen-bond acceptors (Lipinski definition) is 2. The van der Waals surface area contributed by atoms with Gasteiger partial charge in [0.05, 0.1) is 12.1 Å². The lowest BCUT2D eigenvalue weighted by Gasteiger charge is -2.04. The fourth-order valence-corrected chi connectivity index (χ4v) is 2.65. The van der Waals surface area contributed by atoms with Crippen molar-refractivity contribution in [3.8, 4) is 5.75 Å². The molecule has 0 saturated heterocycles. The highest BCUT2D eigenvalue weighted by Crippen LogP contribution is 2.34. The summed E-state index contributed by atoms with van der Waals surface area (Å²) in [4.78, 5) is 12.1. The van der Waals surface area contributed by atoms with Gasteiger partial charge < -0.3 is 10.1 Å². The molecule has 3 nitrogen and oxygen atoms in total. The van der Waals surface area contributed by atoms with Gasteiger partial charge in [0.25, 0.3) is 5.91 Å². The Kier molecular flexibility index (Phi) is 3.43. The fraction of sp³-hybridized carbons (Fsp3) is 0.118. The third kappa shape index (κ3) is 2.52. The molecule has 2 aromatic rings. The van der Waals surface area contributed by atoms with Crippen molar-refractivity contribution < 1.29 is 9.53 Å². The number of carbonyl (C=O) groups excluding carboxylic acids is 1. The van der Waals surface area contributed by atoms with E-state index in [1.807, 2.05) is 37.3 Å². The zero-order valence-electron chi connectivity index (χ0n) is 11.7. The zero-order chi connectivity index (χ0) is 15.0. The van der Waals surface area contributed by atoms with Gasteiger partial charge in [-0.25, -0.2) is 0 Å². The average Bonchev–Trinajstić information content (AvgIpc) is 2.75. The molecule has 1 N–H and O–H groups in total. The summed E-state index contributed by atoms with van der Waals surface area (Å²) in [6.07, 6.45) is 1.84. The predicted molar refractivity (Wildman–Crippen MR) is 85.7 cm³/mol. The first-order chi connectivity index (χ1) is 10.1. The number of hydrogen-bond donors (Lipinski definition) is 1. The first kappa shape index (κ1) is 13.7. The van der Waals surface area contributed by atoms with Crippen molar-refractivity contribution in [3.05, 3.63) is 58.1 Å². The molecule has 0 fully saturated rings. The maximum atomic E-state index is 12.1. The number of anilines is 1. The monoisotopic (exact) mass is 299 g/mol. The van der Waals surface area contributed by atoms with E-state index in [-0.39, 0.29) is 5.91 Å². The number of nitrogens with one attached hydrogen (secondary N) is 1. The molecule has 0 aromatic heterocycles. The quantitative estimate of drug-likeness (QED) is 0.846. The van der Waals surface area contributed by atoms with E-state index in [1.165, 1.54) is 0 Å². The van der Waals surface area contributed by atoms with E-state index < -0.39 is 0 Å². The molecular weight excluding hydrogens is 286 g/mol. The van der Waals surface area contributed by atoms with Gasteiger partial charge in [0.15, 0.2) is 0 Å². The first-order valence-corrected chi connectivity index (χ1v) is 6.94. The van der Waals surface area contributed by atoms with Crippen LogP contribution in [0.3, 0.4) is 0 Å². The largest absolute Gasteiger partial charge is 0.495 e. The van der Waals surface area contributed by atoms with E-state index in [1.54, 1.807) is 19.2 Å². The minimum Gasteiger partial charge on any atom is -0.495 e. The van der Waals surface area contributed by atoms with Crippen LogP contribution in [0.4, 0.5) is 5.69 Å². The molecule has 2 aromatic carbocycles. The smallest absolute Gasteiger partial charge is 0.256 e. The topological polar surface area (TPSA) is 38.3 Å². The van der Waals surface area contributed by atoms with Crippen LogP contribution in [-0.4, -0.2) is 13.0 Å². The number of rotatable bonds is 2. The number of amides is 1. The highest BCUT2D eigenvalue weighted by Gasteiger charge is 2.23. The lowest BCUT2D eigenvalue weighted by molar-refractivity contribution is -0.110. The Labute approximate surface area is 128 Å². The molecule has 21 heavy (non-hydrogen) atoms. The van der Waals surface area contributed by atoms with Gasteiger partial charge in [-0.05, 0) is 42.8 Å². The Balaban J connectivity index is 2.06. The zero-order valence-corrected chi connectivity index (χ0v) is 12.5. The number of carbonyl (C=O) groups is 1. The molecule has 106 valence electrons. The van der Waals surface area contributed by atoms with E-state index in [0.717, 1.165) is 22.4 Å². The van der Waals surface area contributed by atoms with Gasteiger partial charge in [-0.15, -0.1) is 0 Å². The van der Waals surface area contributed by atoms with Gasteiger partial charge in [0.1, 0.15) is 5.75 Å². The van der Waals surface area contributed by atoms with Crippen molar-refractivity contribution in [3.63, 3.8) is 0 Å². The molecule has 4 heteroatoms. The Morgan fingerprint density at radius 3 is 2.71 bits per heavy atom. The number of ether oxygens (including phenoxy) is 1. The van der Waals surface area contributed by atoms with Crippen LogP contribution < -0.4 is 10.1 Å². The highest BCUT2D eigenvalue weighted by molar-refractivity contribution is 6.35. The van der Waals surface area contributed by atoms with Crippen molar-refractivity contribution in [1.82, 2.24) is 0 Å². The molecule has 1 amide bonds. The van der Waals surface area contributed by atoms with E-state index >= 15 is 0 Å². The van der Waals surface area contributed by atoms with Gasteiger partial charge in [-0.3, -0.25) is 4.79 Å². The summed E-state index contributed by atoms with van der Waals surface area (Å²) in [7, 11) is 1.57. The average molecular weight is 300 g/mol. The number of fused-ring (bicyclic) bond motifs is 1. The Morgan fingerprint density at radius 1 is 1.19 bits per heavy atom. The second-order valence-corrected chi connectivity index (χ2v) is 5.36. The minimum atomic E-state index is -0.0949. The predicted octanol–water partition coefficient (Wildman–Crippen LogP) is 4.15. The van der Waals surface area contributed by atoms with Crippen molar-refractivity contribution in [2.75, 3.05) is 12.4 Å². The van der Waals surface area contributed by atoms with Crippen LogP contribution in [-0.2, 0) is 4.79 Å². The SMILES string of the molecule is COc1ccc(/C=C2/C(=O)Nc3ccc(C)cc32)cc1Cl. The van der Waals surface area contributed by atoms with Crippen LogP contribution in [0.5, 0.6) is 5.75 Å². The summed E-state index contributed by atoms with van der Waals surface area (Å²) in [6.45, 7) is 2.00. The summed E-state index contributed by atoms with van der Waals surface area (Å²) in [6, 6.07) is 11.4. The van der Waals surface area contributed by atoms with E-state index in [2.05, 4.69) is 5.32 Å². The van der Waals surface area contributed by atoms with Gasteiger partial charge >= 0.3 is 0 Å². The maximum absolute atomic E-state index is 12.1. The molecular formula is C17H14ClNO2. The van der Waals surface area contributed by atoms with Crippen LogP contribution in [0, 0.1) is 6.92 Å². The van der Waals surface area contributed by atoms with Gasteiger partial charge in [-0.2, -0.15) is 0 Å². The summed E-state index contributed by atoms with van der Waals surface area (Å²) < 4.78 is 5.13. The summed E-state index contributed by atoms with van der Waals surface area (Å²) in [5, 5.41) is 3.39. The normalized spacial score (nSPS) is 15.0. The maximum Gasteiger partial charge on any atom is 0.256 e. The number of benzene rings is 2. The second-order valence-electron chi connectivity index (χ2n) is 4.96. The van der Waals surface area contributed by atoms with Gasteiger partial charge in [0.2, 0.25) is 0 Å². The molecule has 0 saturated carbocycles. The van der Waals surface area contributed by atoms with E-state index in [4.69, 9.17) is 16.3 Å². The Bertz CT molecular complexity index is 765. The molecule has 0 atom stereocenters. The molecule has 0 unspecified atom stereocenters. The third-order valence-corrected chi connectivity index (χ3v) is 3.74. The van der Waals surface area contributed by atoms with Crippen molar-refractivity contribution in [1.29, 1.82) is 0 Å². The van der Waals surface area contributed by atoms with Crippen molar-refractivity contribution in [2.45, 2.75) is 6.92 Å². The lowest BCUT2D eigenvalue weighted by Crippen LogP contribution is -2.03. The Morgan fingerprint density at radius 2 is 2.00 bits per heavy atom. The lowest BCUT2D eigenvalue weighted by atomic mass is 10.0. The molecule has 1 aliphatic rings. The summed E-state index contributed by atoms with van der Waals surface area (Å²) in [5.41, 5.74) is 4.39. The van der Waals surface area contributed by atoms with Crippen LogP contribution in [0.15, 0.2) is 36.4 Å². The van der Waals surface area contributed by atoms with Crippen molar-refractivity contribution >= 4 is 34.8 Å². The molecule has 0 spiro atoms. The highest BCUT2D eigenvalue weighted by atomic mass is 35.5. The Hall–Kier alpha value is -2.26. The number of halogens is 1. The molecule has 3 rings (SSSR count). The van der Waals surface area contributed by atoms with E-state index in [9.17, 15) is 4.79 Å². The first-order valence-electron chi connectivity index (χ1n) is 6.56. The molecule has 0 aliphatic carbocycles. The standard InChI is InChI=1S/C17H14ClNO2/c1-10-3-5-15-12(7-10)13(17(20)19-15)8-11-4-6-16(21-2)14(18)9-11/h3-9H,1-2H3,(H,19,20)/b13-8+. The molecule has 1 aliphatic heterocycles. The third-order valence-electron chi connectivity index (χ3n) is 3.44. The second kappa shape index (κ2) is 5.26. The molecule has 0 radical (unpaired) electrons. The summed E-state index contributed by atoms with van der Waals surface area (Å²) in [5.74, 6) is 0.522. The van der Waals surface area contributed by atoms with Crippen LogP contribution in [0.1, 0.15) is 16.7 Å². The number of aryl methyl sites for hydroxylation is 1. The summed E-state index contributed by atoms with van der Waals surface area (Å²) >= 11 is 6.12. The van der Waals surface area contributed by atoms with Crippen molar-refractivity contribution in [2.24, 2.45) is 0 Å². The molecule has 1 heterocycles. The number of methoxy groups -OCH3 is 1. The van der Waals surface area contributed by atoms with Gasteiger partial charge in [-0.1, -0.05) is 29.3 Å². The van der Waals surface area contributed by atoms with Gasteiger partial charge in [0, 0.05) is 16.8 Å². The minimum absolute atomic E-state index is 0.0949. The van der Waals surface area contributed by atoms with Crippen LogP contribution in [0.2, 0.25) is 5.02 Å². The fourth-order valence-electron chi connectivity index (χ4n) is 2.38. The van der Waals surface area contributed by atoms with E-state index in [0.29, 0.717) is 16.3 Å². The van der Waals surface area contributed by atoms with Crippen LogP contribution in [0.25, 0.3) is 11.6 Å².